The lowest BCUT2D eigenvalue weighted by atomic mass is 10.2. The normalized spacial score (nSPS) is 10.2. The molecule has 0 aliphatic rings. The van der Waals surface area contributed by atoms with E-state index in [2.05, 4.69) is 10.9 Å². The van der Waals surface area contributed by atoms with Crippen LogP contribution in [-0.4, -0.2) is 23.8 Å². The summed E-state index contributed by atoms with van der Waals surface area (Å²) in [6.45, 7) is 0.373. The van der Waals surface area contributed by atoms with Gasteiger partial charge in [0.1, 0.15) is 0 Å². The fourth-order valence-electron chi connectivity index (χ4n) is 1.73. The number of nitrogens with two attached hydrogens (primary N) is 1. The Labute approximate surface area is 99.1 Å². The summed E-state index contributed by atoms with van der Waals surface area (Å²) in [5, 5.41) is 0. The minimum absolute atomic E-state index is 0.373. The molecule has 0 aliphatic heterocycles. The van der Waals surface area contributed by atoms with Gasteiger partial charge in [0.15, 0.2) is 11.5 Å². The summed E-state index contributed by atoms with van der Waals surface area (Å²) in [6, 6.07) is 3.59. The molecule has 5 heteroatoms. The van der Waals surface area contributed by atoms with E-state index in [1.54, 1.807) is 24.9 Å². The van der Waals surface area contributed by atoms with Crippen LogP contribution in [0.1, 0.15) is 0 Å². The number of rotatable bonds is 3. The number of hydrogen-bond acceptors (Lipinski definition) is 4. The largest absolute Gasteiger partial charge is 0.493 e. The highest BCUT2D eigenvalue weighted by Gasteiger charge is 2.12. The average molecular weight is 231 g/mol. The standard InChI is InChI=1S/C12H13N3O2/c1-4-5-15-9-7-11(17-3)10(16-2)6-8(9)14-12(15)13/h1,6-7H,5H2,2-3H3,(H2,13,14). The van der Waals surface area contributed by atoms with Crippen molar-refractivity contribution in [3.8, 4) is 23.8 Å². The Hall–Kier alpha value is -2.35. The number of ether oxygens (including phenoxy) is 2. The molecule has 2 aromatic rings. The molecule has 0 bridgehead atoms. The first-order valence-corrected chi connectivity index (χ1v) is 5.02. The summed E-state index contributed by atoms with van der Waals surface area (Å²) in [5.74, 6) is 4.16. The minimum Gasteiger partial charge on any atom is -0.493 e. The molecule has 0 radical (unpaired) electrons. The van der Waals surface area contributed by atoms with Crippen molar-refractivity contribution < 1.29 is 9.47 Å². The number of hydrogen-bond donors (Lipinski definition) is 1. The van der Waals surface area contributed by atoms with E-state index >= 15 is 0 Å². The lowest BCUT2D eigenvalue weighted by Crippen LogP contribution is -2.01. The second-order valence-corrected chi connectivity index (χ2v) is 3.46. The lowest BCUT2D eigenvalue weighted by Gasteiger charge is -2.08. The molecule has 0 aliphatic carbocycles. The van der Waals surface area contributed by atoms with Crippen molar-refractivity contribution in [2.24, 2.45) is 0 Å². The zero-order valence-electron chi connectivity index (χ0n) is 9.73. The van der Waals surface area contributed by atoms with Gasteiger partial charge in [-0.05, 0) is 0 Å². The average Bonchev–Trinajstić information content (AvgIpc) is 2.64. The van der Waals surface area contributed by atoms with Crippen molar-refractivity contribution >= 4 is 17.0 Å². The summed E-state index contributed by atoms with van der Waals surface area (Å²) in [7, 11) is 3.15. The number of benzene rings is 1. The van der Waals surface area contributed by atoms with Crippen molar-refractivity contribution in [3.63, 3.8) is 0 Å². The molecule has 0 amide bonds. The molecule has 5 nitrogen and oxygen atoms in total. The third-order valence-electron chi connectivity index (χ3n) is 2.53. The van der Waals surface area contributed by atoms with Crippen LogP contribution >= 0.6 is 0 Å². The number of terminal acetylenes is 1. The molecule has 0 unspecified atom stereocenters. The smallest absolute Gasteiger partial charge is 0.202 e. The zero-order valence-corrected chi connectivity index (χ0v) is 9.73. The van der Waals surface area contributed by atoms with E-state index in [-0.39, 0.29) is 0 Å². The molecule has 17 heavy (non-hydrogen) atoms. The highest BCUT2D eigenvalue weighted by molar-refractivity contribution is 5.82. The second kappa shape index (κ2) is 4.26. The van der Waals surface area contributed by atoms with Crippen LogP contribution in [0.5, 0.6) is 11.5 Å². The van der Waals surface area contributed by atoms with Crippen LogP contribution in [0.15, 0.2) is 12.1 Å². The highest BCUT2D eigenvalue weighted by Crippen LogP contribution is 2.32. The number of anilines is 1. The van der Waals surface area contributed by atoms with E-state index in [0.29, 0.717) is 24.0 Å². The molecular weight excluding hydrogens is 218 g/mol. The van der Waals surface area contributed by atoms with Gasteiger partial charge in [-0.25, -0.2) is 4.98 Å². The van der Waals surface area contributed by atoms with Crippen molar-refractivity contribution in [2.45, 2.75) is 6.54 Å². The van der Waals surface area contributed by atoms with Gasteiger partial charge in [0.2, 0.25) is 5.95 Å². The molecule has 0 spiro atoms. The third kappa shape index (κ3) is 1.74. The SMILES string of the molecule is C#CCn1c(N)nc2cc(OC)c(OC)cc21. The van der Waals surface area contributed by atoms with Crippen LogP contribution in [0.4, 0.5) is 5.95 Å². The van der Waals surface area contributed by atoms with Crippen molar-refractivity contribution in [1.82, 2.24) is 9.55 Å². The van der Waals surface area contributed by atoms with Crippen LogP contribution in [0.25, 0.3) is 11.0 Å². The Kier molecular flexibility index (Phi) is 2.79. The predicted molar refractivity (Wildman–Crippen MR) is 66.1 cm³/mol. The Morgan fingerprint density at radius 3 is 2.59 bits per heavy atom. The molecule has 2 rings (SSSR count). The van der Waals surface area contributed by atoms with Gasteiger partial charge in [-0.1, -0.05) is 5.92 Å². The van der Waals surface area contributed by atoms with E-state index in [4.69, 9.17) is 21.6 Å². The third-order valence-corrected chi connectivity index (χ3v) is 2.53. The van der Waals surface area contributed by atoms with Gasteiger partial charge in [-0.2, -0.15) is 0 Å². The van der Waals surface area contributed by atoms with E-state index < -0.39 is 0 Å². The number of imidazole rings is 1. The maximum absolute atomic E-state index is 5.80. The van der Waals surface area contributed by atoms with Crippen molar-refractivity contribution in [2.75, 3.05) is 20.0 Å². The van der Waals surface area contributed by atoms with Crippen molar-refractivity contribution in [3.05, 3.63) is 12.1 Å². The Morgan fingerprint density at radius 2 is 2.00 bits per heavy atom. The van der Waals surface area contributed by atoms with Gasteiger partial charge >= 0.3 is 0 Å². The molecule has 1 heterocycles. The number of methoxy groups -OCH3 is 2. The number of nitrogens with zero attached hydrogens (tertiary/aromatic N) is 2. The highest BCUT2D eigenvalue weighted by atomic mass is 16.5. The summed E-state index contributed by atoms with van der Waals surface area (Å²) < 4.78 is 12.2. The van der Waals surface area contributed by atoms with Crippen LogP contribution < -0.4 is 15.2 Å². The molecule has 0 saturated heterocycles. The van der Waals surface area contributed by atoms with E-state index in [1.807, 2.05) is 6.07 Å². The first-order valence-electron chi connectivity index (χ1n) is 5.02. The quantitative estimate of drug-likeness (QED) is 0.808. The molecule has 1 aromatic carbocycles. The van der Waals surface area contributed by atoms with Gasteiger partial charge in [0.05, 0.1) is 31.8 Å². The fraction of sp³-hybridized carbons (Fsp3) is 0.250. The van der Waals surface area contributed by atoms with E-state index in [9.17, 15) is 0 Å². The maximum Gasteiger partial charge on any atom is 0.202 e. The Bertz CT molecular complexity index is 596. The predicted octanol–water partition coefficient (Wildman–Crippen LogP) is 1.27. The Balaban J connectivity index is 2.71. The summed E-state index contributed by atoms with van der Waals surface area (Å²) in [6.07, 6.45) is 5.30. The van der Waals surface area contributed by atoms with Gasteiger partial charge in [-0.3, -0.25) is 4.57 Å². The van der Waals surface area contributed by atoms with Gasteiger partial charge in [-0.15, -0.1) is 6.42 Å². The van der Waals surface area contributed by atoms with Crippen LogP contribution in [0.3, 0.4) is 0 Å². The first kappa shape index (κ1) is 11.1. The van der Waals surface area contributed by atoms with Gasteiger partial charge < -0.3 is 15.2 Å². The summed E-state index contributed by atoms with van der Waals surface area (Å²) in [4.78, 5) is 4.23. The van der Waals surface area contributed by atoms with E-state index in [1.165, 1.54) is 0 Å². The lowest BCUT2D eigenvalue weighted by molar-refractivity contribution is 0.355. The topological polar surface area (TPSA) is 62.3 Å². The molecule has 0 atom stereocenters. The first-order chi connectivity index (χ1) is 8.21. The maximum atomic E-state index is 5.80. The second-order valence-electron chi connectivity index (χ2n) is 3.46. The van der Waals surface area contributed by atoms with Gasteiger partial charge in [0, 0.05) is 12.1 Å². The molecule has 1 aromatic heterocycles. The molecule has 0 fully saturated rings. The monoisotopic (exact) mass is 231 g/mol. The molecule has 88 valence electrons. The Morgan fingerprint density at radius 1 is 1.35 bits per heavy atom. The fourth-order valence-corrected chi connectivity index (χ4v) is 1.73. The number of fused-ring (bicyclic) bond motifs is 1. The van der Waals surface area contributed by atoms with Crippen LogP contribution in [0, 0.1) is 12.3 Å². The van der Waals surface area contributed by atoms with E-state index in [0.717, 1.165) is 11.0 Å². The van der Waals surface area contributed by atoms with Gasteiger partial charge in [0.25, 0.3) is 0 Å². The molecule has 2 N–H and O–H groups in total. The van der Waals surface area contributed by atoms with Crippen LogP contribution in [-0.2, 0) is 6.54 Å². The summed E-state index contributed by atoms with van der Waals surface area (Å²) in [5.41, 5.74) is 7.36. The number of nitrogen functional groups attached to an aromatic ring is 1. The van der Waals surface area contributed by atoms with Crippen LogP contribution in [0.2, 0.25) is 0 Å². The van der Waals surface area contributed by atoms with Crippen molar-refractivity contribution in [1.29, 1.82) is 0 Å². The minimum atomic E-state index is 0.373. The summed E-state index contributed by atoms with van der Waals surface area (Å²) >= 11 is 0. The zero-order chi connectivity index (χ0) is 12.4. The molecule has 0 saturated carbocycles. The molecular formula is C12H13N3O2. The number of aromatic nitrogens is 2.